The van der Waals surface area contributed by atoms with E-state index >= 15 is 0 Å². The Morgan fingerprint density at radius 3 is 2.17 bits per heavy atom. The molecule has 0 aliphatic heterocycles. The molecule has 0 saturated carbocycles. The van der Waals surface area contributed by atoms with Crippen molar-refractivity contribution in [3.8, 4) is 0 Å². The van der Waals surface area contributed by atoms with Crippen molar-refractivity contribution >= 4 is 29.3 Å². The molecule has 120 valence electrons. The van der Waals surface area contributed by atoms with Gasteiger partial charge in [-0.25, -0.2) is 4.79 Å². The second-order valence-corrected chi connectivity index (χ2v) is 5.52. The zero-order valence-corrected chi connectivity index (χ0v) is 12.2. The maximum atomic E-state index is 12.2. The van der Waals surface area contributed by atoms with Crippen LogP contribution in [-0.4, -0.2) is 22.5 Å². The lowest BCUT2D eigenvalue weighted by Gasteiger charge is -2.09. The lowest BCUT2D eigenvalue weighted by Crippen LogP contribution is -2.14. The first-order valence-corrected chi connectivity index (χ1v) is 7.07. The SMILES string of the molecule is O=C(Nc1ccccc1C(=O)O)c1ccc(SC(F)(F)F)cc1. The molecule has 2 rings (SSSR count). The monoisotopic (exact) mass is 341 g/mol. The van der Waals surface area contributed by atoms with E-state index in [4.69, 9.17) is 5.11 Å². The van der Waals surface area contributed by atoms with Gasteiger partial charge < -0.3 is 10.4 Å². The van der Waals surface area contributed by atoms with Crippen LogP contribution in [0.25, 0.3) is 0 Å². The molecule has 1 amide bonds. The van der Waals surface area contributed by atoms with E-state index < -0.39 is 17.4 Å². The van der Waals surface area contributed by atoms with Gasteiger partial charge in [-0.1, -0.05) is 12.1 Å². The van der Waals surface area contributed by atoms with Crippen molar-refractivity contribution in [3.05, 3.63) is 59.7 Å². The van der Waals surface area contributed by atoms with E-state index in [1.54, 1.807) is 6.07 Å². The van der Waals surface area contributed by atoms with Crippen LogP contribution in [0.1, 0.15) is 20.7 Å². The van der Waals surface area contributed by atoms with E-state index in [2.05, 4.69) is 5.32 Å². The summed E-state index contributed by atoms with van der Waals surface area (Å²) in [5, 5.41) is 11.5. The quantitative estimate of drug-likeness (QED) is 0.816. The number of anilines is 1. The molecule has 0 saturated heterocycles. The number of hydrogen-bond acceptors (Lipinski definition) is 3. The number of carboxylic acid groups (broad SMARTS) is 1. The Morgan fingerprint density at radius 2 is 1.61 bits per heavy atom. The fourth-order valence-electron chi connectivity index (χ4n) is 1.78. The van der Waals surface area contributed by atoms with Crippen LogP contribution < -0.4 is 5.32 Å². The van der Waals surface area contributed by atoms with Gasteiger partial charge in [-0.05, 0) is 48.2 Å². The van der Waals surface area contributed by atoms with Crippen LogP contribution in [0.15, 0.2) is 53.4 Å². The van der Waals surface area contributed by atoms with Crippen molar-refractivity contribution in [1.29, 1.82) is 0 Å². The molecule has 0 aliphatic rings. The highest BCUT2D eigenvalue weighted by molar-refractivity contribution is 8.00. The summed E-state index contributed by atoms with van der Waals surface area (Å²) in [6, 6.07) is 10.7. The Labute approximate surface area is 133 Å². The zero-order chi connectivity index (χ0) is 17.0. The van der Waals surface area contributed by atoms with Crippen molar-refractivity contribution in [2.45, 2.75) is 10.4 Å². The van der Waals surface area contributed by atoms with Crippen LogP contribution in [0.4, 0.5) is 18.9 Å². The number of halogens is 3. The maximum Gasteiger partial charge on any atom is 0.446 e. The van der Waals surface area contributed by atoms with Gasteiger partial charge in [-0.3, -0.25) is 4.79 Å². The summed E-state index contributed by atoms with van der Waals surface area (Å²) in [7, 11) is 0. The molecule has 8 heteroatoms. The van der Waals surface area contributed by atoms with Gasteiger partial charge in [-0.15, -0.1) is 0 Å². The molecule has 0 radical (unpaired) electrons. The summed E-state index contributed by atoms with van der Waals surface area (Å²) >= 11 is -0.278. The van der Waals surface area contributed by atoms with Crippen molar-refractivity contribution in [2.75, 3.05) is 5.32 Å². The number of carbonyl (C=O) groups excluding carboxylic acids is 1. The number of benzene rings is 2. The van der Waals surface area contributed by atoms with Crippen molar-refractivity contribution in [1.82, 2.24) is 0 Å². The van der Waals surface area contributed by atoms with Gasteiger partial charge in [0.05, 0.1) is 11.3 Å². The molecule has 23 heavy (non-hydrogen) atoms. The van der Waals surface area contributed by atoms with Gasteiger partial charge in [0.25, 0.3) is 5.91 Å². The number of aromatic carboxylic acids is 1. The van der Waals surface area contributed by atoms with Crippen molar-refractivity contribution in [2.24, 2.45) is 0 Å². The molecule has 0 atom stereocenters. The number of carboxylic acids is 1. The number of hydrogen-bond donors (Lipinski definition) is 2. The second-order valence-electron chi connectivity index (χ2n) is 4.38. The van der Waals surface area contributed by atoms with Crippen LogP contribution in [0.5, 0.6) is 0 Å². The summed E-state index contributed by atoms with van der Waals surface area (Å²) < 4.78 is 36.7. The Hall–Kier alpha value is -2.48. The summed E-state index contributed by atoms with van der Waals surface area (Å²) in [5.41, 5.74) is -4.25. The summed E-state index contributed by atoms with van der Waals surface area (Å²) in [6.45, 7) is 0. The third kappa shape index (κ3) is 4.75. The molecular formula is C15H10F3NO3S. The average molecular weight is 341 g/mol. The van der Waals surface area contributed by atoms with E-state index in [1.807, 2.05) is 0 Å². The topological polar surface area (TPSA) is 66.4 Å². The molecule has 2 aromatic carbocycles. The molecule has 0 heterocycles. The van der Waals surface area contributed by atoms with Gasteiger partial charge in [0.15, 0.2) is 0 Å². The van der Waals surface area contributed by atoms with E-state index in [9.17, 15) is 22.8 Å². The lowest BCUT2D eigenvalue weighted by atomic mass is 10.1. The predicted octanol–water partition coefficient (Wildman–Crippen LogP) is 4.25. The minimum atomic E-state index is -4.40. The number of alkyl halides is 3. The number of carbonyl (C=O) groups is 2. The molecule has 0 aromatic heterocycles. The normalized spacial score (nSPS) is 11.1. The minimum absolute atomic E-state index is 0.0417. The first kappa shape index (κ1) is 16.9. The molecule has 0 bridgehead atoms. The summed E-state index contributed by atoms with van der Waals surface area (Å²) in [5.74, 6) is -1.81. The van der Waals surface area contributed by atoms with E-state index in [-0.39, 0.29) is 33.5 Å². The summed E-state index contributed by atoms with van der Waals surface area (Å²) in [4.78, 5) is 23.1. The van der Waals surface area contributed by atoms with Crippen LogP contribution in [0.3, 0.4) is 0 Å². The Morgan fingerprint density at radius 1 is 1.00 bits per heavy atom. The first-order valence-electron chi connectivity index (χ1n) is 6.26. The number of rotatable bonds is 4. The number of amides is 1. The second kappa shape index (κ2) is 6.74. The average Bonchev–Trinajstić information content (AvgIpc) is 2.46. The van der Waals surface area contributed by atoms with Gasteiger partial charge in [-0.2, -0.15) is 13.2 Å². The molecule has 4 nitrogen and oxygen atoms in total. The maximum absolute atomic E-state index is 12.2. The fraction of sp³-hybridized carbons (Fsp3) is 0.0667. The predicted molar refractivity (Wildman–Crippen MR) is 79.7 cm³/mol. The van der Waals surface area contributed by atoms with Crippen LogP contribution >= 0.6 is 11.8 Å². The minimum Gasteiger partial charge on any atom is -0.478 e. The number of thioether (sulfide) groups is 1. The van der Waals surface area contributed by atoms with E-state index in [0.717, 1.165) is 0 Å². The number of para-hydroxylation sites is 1. The smallest absolute Gasteiger partial charge is 0.446 e. The van der Waals surface area contributed by atoms with Crippen LogP contribution in [-0.2, 0) is 0 Å². The Balaban J connectivity index is 2.14. The highest BCUT2D eigenvalue weighted by Gasteiger charge is 2.29. The van der Waals surface area contributed by atoms with Crippen LogP contribution in [0.2, 0.25) is 0 Å². The zero-order valence-electron chi connectivity index (χ0n) is 11.4. The van der Waals surface area contributed by atoms with Gasteiger partial charge in [0.1, 0.15) is 0 Å². The van der Waals surface area contributed by atoms with Crippen LogP contribution in [0, 0.1) is 0 Å². The largest absolute Gasteiger partial charge is 0.478 e. The van der Waals surface area contributed by atoms with E-state index in [0.29, 0.717) is 0 Å². The number of nitrogens with one attached hydrogen (secondary N) is 1. The highest BCUT2D eigenvalue weighted by Crippen LogP contribution is 2.36. The molecule has 0 unspecified atom stereocenters. The molecule has 0 aliphatic carbocycles. The Kier molecular flexibility index (Phi) is 4.95. The molecule has 0 spiro atoms. The highest BCUT2D eigenvalue weighted by atomic mass is 32.2. The molecular weight excluding hydrogens is 331 g/mol. The van der Waals surface area contributed by atoms with Crippen molar-refractivity contribution < 1.29 is 27.9 Å². The first-order chi connectivity index (χ1) is 10.8. The fourth-order valence-corrected chi connectivity index (χ4v) is 2.32. The third-order valence-corrected chi connectivity index (χ3v) is 3.50. The lowest BCUT2D eigenvalue weighted by molar-refractivity contribution is -0.0328. The molecule has 0 fully saturated rings. The Bertz CT molecular complexity index is 729. The van der Waals surface area contributed by atoms with Gasteiger partial charge in [0, 0.05) is 10.5 Å². The molecule has 2 N–H and O–H groups in total. The van der Waals surface area contributed by atoms with Gasteiger partial charge in [0.2, 0.25) is 0 Å². The van der Waals surface area contributed by atoms with E-state index in [1.165, 1.54) is 42.5 Å². The summed E-state index contributed by atoms with van der Waals surface area (Å²) in [6.07, 6.45) is 0. The molecule has 2 aromatic rings. The third-order valence-electron chi connectivity index (χ3n) is 2.76. The standard InChI is InChI=1S/C15H10F3NO3S/c16-15(17,18)23-10-7-5-9(6-8-10)13(20)19-12-4-2-1-3-11(12)14(21)22/h1-8H,(H,19,20)(H,21,22). The van der Waals surface area contributed by atoms with Crippen molar-refractivity contribution in [3.63, 3.8) is 0 Å². The van der Waals surface area contributed by atoms with Gasteiger partial charge >= 0.3 is 11.5 Å².